The maximum Gasteiger partial charge on any atom is 0.0587 e. The van der Waals surface area contributed by atoms with Crippen molar-refractivity contribution in [1.82, 2.24) is 10.2 Å². The van der Waals surface area contributed by atoms with E-state index in [1.54, 1.807) is 7.11 Å². The van der Waals surface area contributed by atoms with Crippen LogP contribution in [-0.2, 0) is 4.74 Å². The van der Waals surface area contributed by atoms with Gasteiger partial charge in [0, 0.05) is 19.7 Å². The van der Waals surface area contributed by atoms with E-state index in [-0.39, 0.29) is 0 Å². The Morgan fingerprint density at radius 2 is 1.90 bits per heavy atom. The number of piperidine rings is 1. The van der Waals surface area contributed by atoms with Gasteiger partial charge in [-0.1, -0.05) is 26.2 Å². The van der Waals surface area contributed by atoms with Gasteiger partial charge in [-0.15, -0.1) is 0 Å². The largest absolute Gasteiger partial charge is 0.383 e. The van der Waals surface area contributed by atoms with Crippen molar-refractivity contribution in [2.24, 2.45) is 11.8 Å². The third kappa shape index (κ3) is 5.01. The minimum absolute atomic E-state index is 0.833. The molecule has 20 heavy (non-hydrogen) atoms. The molecule has 118 valence electrons. The molecule has 0 amide bonds. The second-order valence-corrected chi connectivity index (χ2v) is 6.77. The summed E-state index contributed by atoms with van der Waals surface area (Å²) in [6.07, 6.45) is 10.0. The minimum Gasteiger partial charge on any atom is -0.383 e. The third-order valence-corrected chi connectivity index (χ3v) is 5.41. The predicted molar refractivity (Wildman–Crippen MR) is 85.1 cm³/mol. The second-order valence-electron chi connectivity index (χ2n) is 6.77. The molecule has 1 saturated heterocycles. The van der Waals surface area contributed by atoms with Crippen LogP contribution in [-0.4, -0.2) is 50.8 Å². The molecule has 0 bridgehead atoms. The molecule has 2 unspecified atom stereocenters. The Hall–Kier alpha value is -0.120. The van der Waals surface area contributed by atoms with Crippen molar-refractivity contribution in [3.63, 3.8) is 0 Å². The molecule has 0 aromatic heterocycles. The quantitative estimate of drug-likeness (QED) is 0.727. The van der Waals surface area contributed by atoms with Crippen molar-refractivity contribution < 1.29 is 4.74 Å². The molecule has 0 spiro atoms. The molecular weight excluding hydrogens is 248 g/mol. The summed E-state index contributed by atoms with van der Waals surface area (Å²) in [7, 11) is 1.77. The highest BCUT2D eigenvalue weighted by Crippen LogP contribution is 2.31. The third-order valence-electron chi connectivity index (χ3n) is 5.41. The lowest BCUT2D eigenvalue weighted by Gasteiger charge is -2.41. The van der Waals surface area contributed by atoms with Crippen molar-refractivity contribution in [2.75, 3.05) is 39.9 Å². The van der Waals surface area contributed by atoms with Crippen molar-refractivity contribution in [1.29, 1.82) is 0 Å². The molecule has 1 N–H and O–H groups in total. The number of ether oxygens (including phenoxy) is 1. The van der Waals surface area contributed by atoms with Crippen LogP contribution in [0.3, 0.4) is 0 Å². The fourth-order valence-corrected chi connectivity index (χ4v) is 3.97. The topological polar surface area (TPSA) is 24.5 Å². The fourth-order valence-electron chi connectivity index (χ4n) is 3.97. The Morgan fingerprint density at radius 1 is 1.10 bits per heavy atom. The molecule has 2 atom stereocenters. The summed E-state index contributed by atoms with van der Waals surface area (Å²) in [5, 5.41) is 3.52. The first-order chi connectivity index (χ1) is 9.83. The minimum atomic E-state index is 0.833. The van der Waals surface area contributed by atoms with Crippen molar-refractivity contribution in [3.05, 3.63) is 0 Å². The number of hydrogen-bond donors (Lipinski definition) is 1. The van der Waals surface area contributed by atoms with Crippen molar-refractivity contribution in [3.8, 4) is 0 Å². The highest BCUT2D eigenvalue weighted by atomic mass is 16.5. The van der Waals surface area contributed by atoms with Crippen LogP contribution < -0.4 is 5.32 Å². The van der Waals surface area contributed by atoms with Crippen LogP contribution in [0.2, 0.25) is 0 Å². The number of rotatable bonds is 7. The average Bonchev–Trinajstić information content (AvgIpc) is 2.52. The zero-order valence-corrected chi connectivity index (χ0v) is 13.6. The van der Waals surface area contributed by atoms with E-state index >= 15 is 0 Å². The van der Waals surface area contributed by atoms with Gasteiger partial charge in [-0.3, -0.25) is 0 Å². The number of likely N-dealkylation sites (tertiary alicyclic amines) is 1. The molecule has 2 rings (SSSR count). The number of nitrogens with one attached hydrogen (secondary N) is 1. The van der Waals surface area contributed by atoms with Crippen LogP contribution in [0.5, 0.6) is 0 Å². The number of methoxy groups -OCH3 is 1. The molecular formula is C17H34N2O. The molecule has 1 saturated carbocycles. The van der Waals surface area contributed by atoms with E-state index in [1.165, 1.54) is 64.6 Å². The van der Waals surface area contributed by atoms with E-state index in [0.717, 1.165) is 31.0 Å². The van der Waals surface area contributed by atoms with Gasteiger partial charge in [0.25, 0.3) is 0 Å². The van der Waals surface area contributed by atoms with E-state index in [1.807, 2.05) is 0 Å². The molecule has 1 aliphatic heterocycles. The number of hydrogen-bond acceptors (Lipinski definition) is 3. The summed E-state index contributed by atoms with van der Waals surface area (Å²) < 4.78 is 5.08. The molecule has 0 aromatic rings. The smallest absolute Gasteiger partial charge is 0.0587 e. The van der Waals surface area contributed by atoms with E-state index in [4.69, 9.17) is 4.74 Å². The van der Waals surface area contributed by atoms with Crippen LogP contribution in [0.1, 0.15) is 51.9 Å². The Labute approximate surface area is 125 Å². The first kappa shape index (κ1) is 16.3. The summed E-state index contributed by atoms with van der Waals surface area (Å²) in [4.78, 5) is 2.80. The van der Waals surface area contributed by atoms with E-state index in [9.17, 15) is 0 Å². The van der Waals surface area contributed by atoms with Crippen LogP contribution >= 0.6 is 0 Å². The molecule has 2 aliphatic rings. The second kappa shape index (κ2) is 9.01. The summed E-state index contributed by atoms with van der Waals surface area (Å²) in [5.74, 6) is 1.89. The van der Waals surface area contributed by atoms with E-state index in [2.05, 4.69) is 17.1 Å². The summed E-state index contributed by atoms with van der Waals surface area (Å²) in [5.41, 5.74) is 0. The number of nitrogens with zero attached hydrogens (tertiary/aromatic N) is 1. The molecule has 0 aromatic carbocycles. The van der Waals surface area contributed by atoms with E-state index in [0.29, 0.717) is 0 Å². The first-order valence-electron chi connectivity index (χ1n) is 8.77. The average molecular weight is 282 g/mol. The lowest BCUT2D eigenvalue weighted by atomic mass is 9.82. The summed E-state index contributed by atoms with van der Waals surface area (Å²) in [6, 6.07) is 0.899. The maximum atomic E-state index is 5.08. The van der Waals surface area contributed by atoms with Crippen LogP contribution in [0.25, 0.3) is 0 Å². The van der Waals surface area contributed by atoms with Gasteiger partial charge in [0.15, 0.2) is 0 Å². The fraction of sp³-hybridized carbons (Fsp3) is 1.00. The normalized spacial score (nSPS) is 29.7. The van der Waals surface area contributed by atoms with Crippen LogP contribution in [0.15, 0.2) is 0 Å². The highest BCUT2D eigenvalue weighted by molar-refractivity contribution is 4.83. The standard InChI is InChI=1S/C17H34N2O/c1-3-15-5-4-6-17(13-15)19-10-7-16(8-11-19)14-18-9-12-20-2/h15-18H,3-14H2,1-2H3. The van der Waals surface area contributed by atoms with Gasteiger partial charge in [0.05, 0.1) is 6.61 Å². The zero-order valence-electron chi connectivity index (χ0n) is 13.6. The molecule has 0 radical (unpaired) electrons. The van der Waals surface area contributed by atoms with Gasteiger partial charge in [-0.25, -0.2) is 0 Å². The molecule has 1 aliphatic carbocycles. The Kier molecular flexibility index (Phi) is 7.32. The maximum absolute atomic E-state index is 5.08. The van der Waals surface area contributed by atoms with Crippen LogP contribution in [0.4, 0.5) is 0 Å². The van der Waals surface area contributed by atoms with Crippen molar-refractivity contribution >= 4 is 0 Å². The molecule has 1 heterocycles. The highest BCUT2D eigenvalue weighted by Gasteiger charge is 2.28. The Morgan fingerprint density at radius 3 is 2.60 bits per heavy atom. The van der Waals surface area contributed by atoms with Crippen LogP contribution in [0, 0.1) is 11.8 Å². The van der Waals surface area contributed by atoms with Gasteiger partial charge in [0.2, 0.25) is 0 Å². The lowest BCUT2D eigenvalue weighted by molar-refractivity contribution is 0.0879. The van der Waals surface area contributed by atoms with Gasteiger partial charge < -0.3 is 15.0 Å². The van der Waals surface area contributed by atoms with Gasteiger partial charge in [0.1, 0.15) is 0 Å². The SMILES string of the molecule is CCC1CCCC(N2CCC(CNCCOC)CC2)C1. The summed E-state index contributed by atoms with van der Waals surface area (Å²) >= 11 is 0. The molecule has 3 heteroatoms. The van der Waals surface area contributed by atoms with Crippen molar-refractivity contribution in [2.45, 2.75) is 57.9 Å². The summed E-state index contributed by atoms with van der Waals surface area (Å²) in [6.45, 7) is 8.04. The van der Waals surface area contributed by atoms with Gasteiger partial charge in [-0.2, -0.15) is 0 Å². The first-order valence-corrected chi connectivity index (χ1v) is 8.77. The lowest BCUT2D eigenvalue weighted by Crippen LogP contribution is -2.45. The monoisotopic (exact) mass is 282 g/mol. The molecule has 3 nitrogen and oxygen atoms in total. The predicted octanol–water partition coefficient (Wildman–Crippen LogP) is 2.90. The van der Waals surface area contributed by atoms with Gasteiger partial charge in [-0.05, 0) is 57.2 Å². The Bertz CT molecular complexity index is 251. The molecule has 2 fully saturated rings. The van der Waals surface area contributed by atoms with E-state index < -0.39 is 0 Å². The zero-order chi connectivity index (χ0) is 14.2. The Balaban J connectivity index is 1.63. The van der Waals surface area contributed by atoms with Gasteiger partial charge >= 0.3 is 0 Å².